The highest BCUT2D eigenvalue weighted by atomic mass is 16.5. The van der Waals surface area contributed by atoms with Gasteiger partial charge in [-0.3, -0.25) is 9.78 Å². The fourth-order valence-electron chi connectivity index (χ4n) is 4.50. The second-order valence-electron chi connectivity index (χ2n) is 7.89. The Morgan fingerprint density at radius 1 is 1.19 bits per heavy atom. The molecule has 156 valence electrons. The van der Waals surface area contributed by atoms with Crippen LogP contribution in [0.3, 0.4) is 0 Å². The maximum Gasteiger partial charge on any atom is 0.361 e. The Morgan fingerprint density at radius 2 is 2.06 bits per heavy atom. The summed E-state index contributed by atoms with van der Waals surface area (Å²) >= 11 is 0. The average molecular weight is 414 g/mol. The quantitative estimate of drug-likeness (QED) is 0.322. The molecule has 5 rings (SSSR count). The zero-order chi connectivity index (χ0) is 21.5. The molecule has 0 atom stereocenters. The van der Waals surface area contributed by atoms with Gasteiger partial charge in [0.15, 0.2) is 0 Å². The van der Waals surface area contributed by atoms with E-state index in [1.807, 2.05) is 51.2 Å². The topological polar surface area (TPSA) is 59.7 Å². The van der Waals surface area contributed by atoms with E-state index in [0.717, 1.165) is 62.1 Å². The van der Waals surface area contributed by atoms with Crippen molar-refractivity contribution in [3.8, 4) is 16.9 Å². The second kappa shape index (κ2) is 7.65. The van der Waals surface area contributed by atoms with Crippen LogP contribution in [0, 0.1) is 13.8 Å². The van der Waals surface area contributed by atoms with Crippen molar-refractivity contribution >= 4 is 27.8 Å². The van der Waals surface area contributed by atoms with Crippen LogP contribution < -0.4 is 4.74 Å². The third kappa shape index (κ3) is 3.30. The molecule has 3 heterocycles. The summed E-state index contributed by atoms with van der Waals surface area (Å²) in [5.41, 5.74) is 6.76. The van der Waals surface area contributed by atoms with E-state index in [4.69, 9.17) is 18.9 Å². The van der Waals surface area contributed by atoms with Gasteiger partial charge in [-0.05, 0) is 54.8 Å². The first-order valence-electron chi connectivity index (χ1n) is 10.6. The van der Waals surface area contributed by atoms with Crippen LogP contribution in [0.2, 0.25) is 0 Å². The number of rotatable bonds is 4. The van der Waals surface area contributed by atoms with Gasteiger partial charge < -0.3 is 9.47 Å². The molecule has 2 aromatic heterocycles. The fraction of sp³-hybridized carbons (Fsp3) is 0.269. The molecular formula is C26H24NO4+. The number of hydrogen-bond acceptors (Lipinski definition) is 4. The monoisotopic (exact) mass is 414 g/mol. The summed E-state index contributed by atoms with van der Waals surface area (Å²) in [5.74, 6) is 1.45. The Hall–Kier alpha value is -3.47. The zero-order valence-electron chi connectivity index (χ0n) is 18.0. The van der Waals surface area contributed by atoms with E-state index in [9.17, 15) is 4.79 Å². The second-order valence-corrected chi connectivity index (χ2v) is 7.89. The number of fused-ring (bicyclic) bond motifs is 1. The molecule has 31 heavy (non-hydrogen) atoms. The third-order valence-corrected chi connectivity index (χ3v) is 5.88. The molecule has 0 saturated carbocycles. The van der Waals surface area contributed by atoms with Crippen LogP contribution in [0.1, 0.15) is 29.4 Å². The molecule has 0 radical (unpaired) electrons. The van der Waals surface area contributed by atoms with Crippen LogP contribution in [0.25, 0.3) is 33.0 Å². The molecule has 0 N–H and O–H groups in total. The molecule has 0 unspecified atom stereocenters. The number of nitrogens with zero attached hydrogens (tertiary/aromatic N) is 1. The molecule has 0 spiro atoms. The van der Waals surface area contributed by atoms with Crippen molar-refractivity contribution in [1.29, 1.82) is 0 Å². The number of hydrogen-bond donors (Lipinski definition) is 0. The molecule has 1 aliphatic rings. The van der Waals surface area contributed by atoms with Crippen LogP contribution in [0.4, 0.5) is 0 Å². The molecule has 0 amide bonds. The molecule has 0 saturated heterocycles. The molecule has 5 heteroatoms. The summed E-state index contributed by atoms with van der Waals surface area (Å²) in [6.45, 7) is 6.80. The van der Waals surface area contributed by atoms with Crippen molar-refractivity contribution in [2.24, 2.45) is 0 Å². The van der Waals surface area contributed by atoms with Crippen molar-refractivity contribution in [3.05, 3.63) is 65.0 Å². The minimum atomic E-state index is -0.241. The Balaban J connectivity index is 1.86. The first kappa shape index (κ1) is 19.5. The van der Waals surface area contributed by atoms with Crippen LogP contribution >= 0.6 is 0 Å². The lowest BCUT2D eigenvalue weighted by atomic mass is 9.88. The number of aryl methyl sites for hydroxylation is 2. The lowest BCUT2D eigenvalue weighted by Gasteiger charge is -2.21. The van der Waals surface area contributed by atoms with Crippen LogP contribution in [0.5, 0.6) is 5.75 Å². The average Bonchev–Trinajstić information content (AvgIpc) is 2.76. The van der Waals surface area contributed by atoms with E-state index in [-0.39, 0.29) is 12.4 Å². The van der Waals surface area contributed by atoms with E-state index in [2.05, 4.69) is 12.1 Å². The molecule has 4 aromatic rings. The van der Waals surface area contributed by atoms with Gasteiger partial charge in [-0.2, -0.15) is 0 Å². The van der Waals surface area contributed by atoms with Crippen molar-refractivity contribution in [2.75, 3.05) is 13.2 Å². The lowest BCUT2D eigenvalue weighted by Crippen LogP contribution is -2.11. The Kier molecular flexibility index (Phi) is 4.81. The Morgan fingerprint density at radius 3 is 2.90 bits per heavy atom. The Labute approximate surface area is 180 Å². The van der Waals surface area contributed by atoms with Gasteiger partial charge in [-0.15, -0.1) is 0 Å². The van der Waals surface area contributed by atoms with Gasteiger partial charge in [0.1, 0.15) is 5.75 Å². The first-order valence-corrected chi connectivity index (χ1v) is 10.6. The number of pyridine rings is 1. The van der Waals surface area contributed by atoms with Gasteiger partial charge in [-0.25, -0.2) is 4.42 Å². The molecule has 1 aliphatic heterocycles. The van der Waals surface area contributed by atoms with Crippen LogP contribution in [-0.4, -0.2) is 24.2 Å². The van der Waals surface area contributed by atoms with Gasteiger partial charge in [0.2, 0.25) is 0 Å². The van der Waals surface area contributed by atoms with Crippen LogP contribution in [0.15, 0.2) is 47.0 Å². The van der Waals surface area contributed by atoms with Crippen molar-refractivity contribution < 1.29 is 18.7 Å². The summed E-state index contributed by atoms with van der Waals surface area (Å²) in [7, 11) is 0. The van der Waals surface area contributed by atoms with Gasteiger partial charge in [0.05, 0.1) is 37.5 Å². The standard InChI is InChI=1S/C26H24NO4/c1-4-29-23(28)14-20-15(2)13-22-18(6-5-16(3)31-22)25(20)19-7-8-21-24-17(10-12-30-21)9-11-27-26(19)24/h5-9,11,13H,4,10,12,14H2,1-3H3/q+1. The predicted molar refractivity (Wildman–Crippen MR) is 120 cm³/mol. The maximum atomic E-state index is 12.5. The smallest absolute Gasteiger partial charge is 0.361 e. The summed E-state index contributed by atoms with van der Waals surface area (Å²) < 4.78 is 17.2. The fourth-order valence-corrected chi connectivity index (χ4v) is 4.50. The van der Waals surface area contributed by atoms with Gasteiger partial charge in [0, 0.05) is 41.3 Å². The predicted octanol–water partition coefficient (Wildman–Crippen LogP) is 5.59. The minimum absolute atomic E-state index is 0.193. The highest BCUT2D eigenvalue weighted by molar-refractivity contribution is 6.07. The first-order chi connectivity index (χ1) is 15.1. The zero-order valence-corrected chi connectivity index (χ0v) is 18.0. The third-order valence-electron chi connectivity index (χ3n) is 5.88. The molecule has 2 aromatic carbocycles. The summed E-state index contributed by atoms with van der Waals surface area (Å²) in [6, 6.07) is 12.1. The number of esters is 1. The highest BCUT2D eigenvalue weighted by Crippen LogP contribution is 2.42. The van der Waals surface area contributed by atoms with Gasteiger partial charge in [-0.1, -0.05) is 0 Å². The van der Waals surface area contributed by atoms with Crippen LogP contribution in [-0.2, 0) is 22.4 Å². The summed E-state index contributed by atoms with van der Waals surface area (Å²) in [5, 5.41) is 2.00. The SMILES string of the molecule is CCOC(=O)Cc1c(C)cc2[o+]c(C)ccc2c1-c1ccc2c3c(ccnc13)CCO2. The lowest BCUT2D eigenvalue weighted by molar-refractivity contribution is -0.142. The van der Waals surface area contributed by atoms with E-state index < -0.39 is 0 Å². The van der Waals surface area contributed by atoms with E-state index >= 15 is 0 Å². The van der Waals surface area contributed by atoms with E-state index in [1.54, 1.807) is 0 Å². The number of benzene rings is 2. The number of aromatic nitrogens is 1. The van der Waals surface area contributed by atoms with Crippen molar-refractivity contribution in [3.63, 3.8) is 0 Å². The molecule has 5 nitrogen and oxygen atoms in total. The Bertz CT molecular complexity index is 1330. The molecule has 0 fully saturated rings. The number of carbonyl (C=O) groups excluding carboxylic acids is 1. The molecule has 0 aliphatic carbocycles. The minimum Gasteiger partial charge on any atom is -0.493 e. The number of ether oxygens (including phenoxy) is 2. The van der Waals surface area contributed by atoms with Gasteiger partial charge >= 0.3 is 17.3 Å². The number of carbonyl (C=O) groups is 1. The maximum absolute atomic E-state index is 12.5. The summed E-state index contributed by atoms with van der Waals surface area (Å²) in [4.78, 5) is 17.2. The van der Waals surface area contributed by atoms with Gasteiger partial charge in [0.25, 0.3) is 0 Å². The van der Waals surface area contributed by atoms with Crippen molar-refractivity contribution in [2.45, 2.75) is 33.6 Å². The van der Waals surface area contributed by atoms with E-state index in [0.29, 0.717) is 13.2 Å². The molecule has 0 bridgehead atoms. The van der Waals surface area contributed by atoms with E-state index in [1.165, 1.54) is 5.56 Å². The van der Waals surface area contributed by atoms with Crippen molar-refractivity contribution in [1.82, 2.24) is 4.98 Å². The largest absolute Gasteiger partial charge is 0.493 e. The normalized spacial score (nSPS) is 12.7. The summed E-state index contributed by atoms with van der Waals surface area (Å²) in [6.07, 6.45) is 2.90. The molecular weight excluding hydrogens is 390 g/mol. The highest BCUT2D eigenvalue weighted by Gasteiger charge is 2.25.